The molecular weight excluding hydrogens is 376 g/mol. The molecule has 3 heterocycles. The molecule has 7 heteroatoms. The number of aromatic nitrogens is 2. The summed E-state index contributed by atoms with van der Waals surface area (Å²) >= 11 is 0. The van der Waals surface area contributed by atoms with Crippen molar-refractivity contribution in [3.8, 4) is 0 Å². The molecule has 2 aliphatic rings. The number of carbonyl (C=O) groups is 1. The molecule has 1 aromatic carbocycles. The topological polar surface area (TPSA) is 76.3 Å². The van der Waals surface area contributed by atoms with Crippen LogP contribution in [0, 0.1) is 0 Å². The van der Waals surface area contributed by atoms with Crippen molar-refractivity contribution in [2.75, 3.05) is 32.1 Å². The van der Waals surface area contributed by atoms with E-state index in [1.54, 1.807) is 19.0 Å². The Morgan fingerprint density at radius 3 is 2.50 bits per heavy atom. The van der Waals surface area contributed by atoms with Crippen molar-refractivity contribution in [3.05, 3.63) is 47.8 Å². The van der Waals surface area contributed by atoms with Gasteiger partial charge in [0.25, 0.3) is 5.91 Å². The van der Waals surface area contributed by atoms with Gasteiger partial charge in [0.05, 0.1) is 11.7 Å². The van der Waals surface area contributed by atoms with Crippen molar-refractivity contribution >= 4 is 11.6 Å². The van der Waals surface area contributed by atoms with Crippen LogP contribution in [0.5, 0.6) is 0 Å². The van der Waals surface area contributed by atoms with Gasteiger partial charge in [-0.05, 0) is 76.0 Å². The zero-order valence-corrected chi connectivity index (χ0v) is 18.5. The number of H-pyrrole nitrogens is 1. The predicted molar refractivity (Wildman–Crippen MR) is 120 cm³/mol. The van der Waals surface area contributed by atoms with Gasteiger partial charge in [0.15, 0.2) is 0 Å². The maximum absolute atomic E-state index is 12.4. The minimum absolute atomic E-state index is 0.0372. The zero-order valence-electron chi connectivity index (χ0n) is 18.5. The SMILES string of the molecule is CC1NC(C)C2(CCNCC2)N(c2ccc(C(=O)N(C)C)cc2)C1Cc1cn[nH]c1. The van der Waals surface area contributed by atoms with E-state index in [4.69, 9.17) is 0 Å². The number of benzene rings is 1. The molecule has 2 saturated heterocycles. The van der Waals surface area contributed by atoms with Gasteiger partial charge in [0.2, 0.25) is 0 Å². The maximum atomic E-state index is 12.4. The lowest BCUT2D eigenvalue weighted by Crippen LogP contribution is -2.75. The van der Waals surface area contributed by atoms with Crippen LogP contribution in [0.1, 0.15) is 42.6 Å². The van der Waals surface area contributed by atoms with Gasteiger partial charge >= 0.3 is 0 Å². The highest BCUT2D eigenvalue weighted by atomic mass is 16.2. The highest BCUT2D eigenvalue weighted by Crippen LogP contribution is 2.41. The van der Waals surface area contributed by atoms with Gasteiger partial charge in [-0.15, -0.1) is 0 Å². The van der Waals surface area contributed by atoms with Crippen molar-refractivity contribution in [3.63, 3.8) is 0 Å². The van der Waals surface area contributed by atoms with Crippen LogP contribution in [0.15, 0.2) is 36.7 Å². The summed E-state index contributed by atoms with van der Waals surface area (Å²) in [7, 11) is 3.59. The second-order valence-corrected chi connectivity index (χ2v) is 9.03. The van der Waals surface area contributed by atoms with Crippen LogP contribution in [-0.2, 0) is 6.42 Å². The van der Waals surface area contributed by atoms with E-state index in [9.17, 15) is 4.79 Å². The number of rotatable bonds is 4. The number of anilines is 1. The van der Waals surface area contributed by atoms with Crippen LogP contribution in [0.2, 0.25) is 0 Å². The molecule has 162 valence electrons. The summed E-state index contributed by atoms with van der Waals surface area (Å²) in [5.74, 6) is 0.0372. The third-order valence-corrected chi connectivity index (χ3v) is 6.98. The first-order valence-corrected chi connectivity index (χ1v) is 11.0. The first-order chi connectivity index (χ1) is 14.4. The average Bonchev–Trinajstić information content (AvgIpc) is 3.26. The molecule has 3 N–H and O–H groups in total. The molecule has 2 aromatic rings. The lowest BCUT2D eigenvalue weighted by Gasteiger charge is -2.60. The highest BCUT2D eigenvalue weighted by Gasteiger charge is 2.50. The summed E-state index contributed by atoms with van der Waals surface area (Å²) in [4.78, 5) is 16.7. The molecule has 1 amide bonds. The van der Waals surface area contributed by atoms with Crippen molar-refractivity contribution in [1.29, 1.82) is 0 Å². The molecule has 0 bridgehead atoms. The van der Waals surface area contributed by atoms with E-state index in [1.807, 2.05) is 24.5 Å². The molecular formula is C23H34N6O. The van der Waals surface area contributed by atoms with Crippen molar-refractivity contribution in [2.45, 2.75) is 56.8 Å². The van der Waals surface area contributed by atoms with E-state index in [-0.39, 0.29) is 11.4 Å². The molecule has 3 atom stereocenters. The van der Waals surface area contributed by atoms with Gasteiger partial charge in [-0.1, -0.05) is 0 Å². The molecule has 0 radical (unpaired) electrons. The number of piperidine rings is 1. The Hall–Kier alpha value is -2.38. The number of hydrogen-bond acceptors (Lipinski definition) is 5. The fourth-order valence-electron chi connectivity index (χ4n) is 5.33. The number of carbonyl (C=O) groups excluding carboxylic acids is 1. The van der Waals surface area contributed by atoms with Gasteiger partial charge in [-0.2, -0.15) is 5.10 Å². The van der Waals surface area contributed by atoms with Gasteiger partial charge in [-0.25, -0.2) is 0 Å². The number of aromatic amines is 1. The third kappa shape index (κ3) is 3.72. The third-order valence-electron chi connectivity index (χ3n) is 6.98. The van der Waals surface area contributed by atoms with E-state index >= 15 is 0 Å². The summed E-state index contributed by atoms with van der Waals surface area (Å²) in [5, 5.41) is 14.5. The Kier molecular flexibility index (Phi) is 5.84. The zero-order chi connectivity index (χ0) is 21.3. The second-order valence-electron chi connectivity index (χ2n) is 9.03. The molecule has 1 spiro atoms. The smallest absolute Gasteiger partial charge is 0.253 e. The van der Waals surface area contributed by atoms with E-state index in [0.29, 0.717) is 18.1 Å². The quantitative estimate of drug-likeness (QED) is 0.719. The van der Waals surface area contributed by atoms with Crippen LogP contribution < -0.4 is 15.5 Å². The average molecular weight is 411 g/mol. The molecule has 4 rings (SSSR count). The summed E-state index contributed by atoms with van der Waals surface area (Å²) < 4.78 is 0. The van der Waals surface area contributed by atoms with Crippen molar-refractivity contribution < 1.29 is 4.79 Å². The first kappa shape index (κ1) is 20.9. The molecule has 0 aliphatic carbocycles. The Morgan fingerprint density at radius 2 is 1.90 bits per heavy atom. The van der Waals surface area contributed by atoms with Gasteiger partial charge in [0, 0.05) is 49.7 Å². The number of piperazine rings is 1. The predicted octanol–water partition coefficient (Wildman–Crippen LogP) is 2.03. The minimum atomic E-state index is 0.0372. The molecule has 2 fully saturated rings. The van der Waals surface area contributed by atoms with Gasteiger partial charge in [0.1, 0.15) is 0 Å². The van der Waals surface area contributed by atoms with E-state index < -0.39 is 0 Å². The molecule has 2 aliphatic heterocycles. The molecule has 3 unspecified atom stereocenters. The molecule has 0 saturated carbocycles. The first-order valence-electron chi connectivity index (χ1n) is 11.0. The summed E-state index contributed by atoms with van der Waals surface area (Å²) in [5.41, 5.74) is 3.18. The fraction of sp³-hybridized carbons (Fsp3) is 0.565. The molecule has 7 nitrogen and oxygen atoms in total. The fourth-order valence-corrected chi connectivity index (χ4v) is 5.33. The standard InChI is InChI=1S/C23H34N6O/c1-16-21(13-18-14-25-26-15-18)29(23(17(2)27-16)9-11-24-12-10-23)20-7-5-19(6-8-20)22(30)28(3)4/h5-8,14-17,21,24,27H,9-13H2,1-4H3,(H,25,26). The normalized spacial score (nSPS) is 26.0. The maximum Gasteiger partial charge on any atom is 0.253 e. The van der Waals surface area contributed by atoms with Crippen LogP contribution in [0.25, 0.3) is 0 Å². The van der Waals surface area contributed by atoms with Crippen LogP contribution >= 0.6 is 0 Å². The Balaban J connectivity index is 1.74. The second kappa shape index (κ2) is 8.40. The lowest BCUT2D eigenvalue weighted by atomic mass is 9.74. The van der Waals surface area contributed by atoms with Crippen LogP contribution in [0.3, 0.4) is 0 Å². The summed E-state index contributed by atoms with van der Waals surface area (Å²) in [6.45, 7) is 6.65. The minimum Gasteiger partial charge on any atom is -0.359 e. The number of hydrogen-bond donors (Lipinski definition) is 3. The lowest BCUT2D eigenvalue weighted by molar-refractivity contribution is 0.0827. The Labute approximate surface area is 179 Å². The summed E-state index contributed by atoms with van der Waals surface area (Å²) in [6.07, 6.45) is 7.03. The Morgan fingerprint density at radius 1 is 1.20 bits per heavy atom. The highest BCUT2D eigenvalue weighted by molar-refractivity contribution is 5.94. The van der Waals surface area contributed by atoms with Crippen LogP contribution in [0.4, 0.5) is 5.69 Å². The van der Waals surface area contributed by atoms with Gasteiger partial charge in [-0.3, -0.25) is 9.89 Å². The molecule has 1 aromatic heterocycles. The van der Waals surface area contributed by atoms with Crippen molar-refractivity contribution in [2.24, 2.45) is 0 Å². The molecule has 30 heavy (non-hydrogen) atoms. The number of nitrogens with one attached hydrogen (secondary N) is 3. The number of amides is 1. The Bertz CT molecular complexity index is 841. The van der Waals surface area contributed by atoms with E-state index in [0.717, 1.165) is 37.9 Å². The number of nitrogens with zero attached hydrogens (tertiary/aromatic N) is 3. The van der Waals surface area contributed by atoms with E-state index in [2.05, 4.69) is 51.7 Å². The van der Waals surface area contributed by atoms with Crippen molar-refractivity contribution in [1.82, 2.24) is 25.7 Å². The van der Waals surface area contributed by atoms with Crippen LogP contribution in [-0.4, -0.2) is 71.9 Å². The summed E-state index contributed by atoms with van der Waals surface area (Å²) in [6, 6.07) is 9.21. The van der Waals surface area contributed by atoms with Gasteiger partial charge < -0.3 is 20.4 Å². The van der Waals surface area contributed by atoms with E-state index in [1.165, 1.54) is 11.3 Å². The monoisotopic (exact) mass is 410 g/mol. The largest absolute Gasteiger partial charge is 0.359 e.